The summed E-state index contributed by atoms with van der Waals surface area (Å²) in [5.74, 6) is -0.768. The molecule has 0 saturated heterocycles. The molecule has 1 aliphatic heterocycles. The SMILES string of the molecule is CCOc1ccc(NS(=O)(=O)c2ccc3c(c2)N(CC(=O)O)C(=O)CO3)cc1OC. The topological polar surface area (TPSA) is 131 Å². The highest BCUT2D eigenvalue weighted by Gasteiger charge is 2.29. The van der Waals surface area contributed by atoms with Gasteiger partial charge in [0.05, 0.1) is 30.0 Å². The Morgan fingerprint density at radius 1 is 1.23 bits per heavy atom. The summed E-state index contributed by atoms with van der Waals surface area (Å²) >= 11 is 0. The fourth-order valence-corrected chi connectivity index (χ4v) is 3.95. The van der Waals surface area contributed by atoms with Gasteiger partial charge in [0.15, 0.2) is 18.1 Å². The summed E-state index contributed by atoms with van der Waals surface area (Å²) in [6.07, 6.45) is 0. The number of fused-ring (bicyclic) bond motifs is 1. The highest BCUT2D eigenvalue weighted by Crippen LogP contribution is 2.35. The zero-order chi connectivity index (χ0) is 21.9. The Bertz CT molecular complexity index is 1080. The maximum Gasteiger partial charge on any atom is 0.323 e. The highest BCUT2D eigenvalue weighted by molar-refractivity contribution is 7.92. The van der Waals surface area contributed by atoms with E-state index in [0.717, 1.165) is 4.90 Å². The fraction of sp³-hybridized carbons (Fsp3) is 0.263. The minimum atomic E-state index is -4.05. The zero-order valence-corrected chi connectivity index (χ0v) is 17.1. The average Bonchev–Trinajstić information content (AvgIpc) is 2.70. The van der Waals surface area contributed by atoms with Gasteiger partial charge in [-0.25, -0.2) is 8.42 Å². The molecular formula is C19H20N2O8S. The van der Waals surface area contributed by atoms with E-state index in [0.29, 0.717) is 18.1 Å². The predicted molar refractivity (Wildman–Crippen MR) is 107 cm³/mol. The van der Waals surface area contributed by atoms with Gasteiger partial charge in [0.1, 0.15) is 12.3 Å². The van der Waals surface area contributed by atoms with E-state index >= 15 is 0 Å². The smallest absolute Gasteiger partial charge is 0.323 e. The van der Waals surface area contributed by atoms with Gasteiger partial charge < -0.3 is 19.3 Å². The van der Waals surface area contributed by atoms with Crippen molar-refractivity contribution in [2.45, 2.75) is 11.8 Å². The van der Waals surface area contributed by atoms with E-state index in [2.05, 4.69) is 4.72 Å². The number of carbonyl (C=O) groups is 2. The van der Waals surface area contributed by atoms with Crippen LogP contribution < -0.4 is 23.8 Å². The summed E-state index contributed by atoms with van der Waals surface area (Å²) in [6, 6.07) is 8.46. The van der Waals surface area contributed by atoms with Gasteiger partial charge >= 0.3 is 5.97 Å². The number of carboxylic acid groups (broad SMARTS) is 1. The molecule has 0 radical (unpaired) electrons. The van der Waals surface area contributed by atoms with Gasteiger partial charge in [-0.2, -0.15) is 0 Å². The molecule has 0 bridgehead atoms. The zero-order valence-electron chi connectivity index (χ0n) is 16.2. The molecule has 160 valence electrons. The first-order valence-corrected chi connectivity index (χ1v) is 10.4. The van der Waals surface area contributed by atoms with E-state index in [1.54, 1.807) is 6.07 Å². The molecule has 1 amide bonds. The van der Waals surface area contributed by atoms with Crippen LogP contribution in [0.5, 0.6) is 17.2 Å². The number of benzene rings is 2. The van der Waals surface area contributed by atoms with Gasteiger partial charge in [-0.1, -0.05) is 0 Å². The number of nitrogens with zero attached hydrogens (tertiary/aromatic N) is 1. The monoisotopic (exact) mass is 436 g/mol. The molecule has 2 aromatic carbocycles. The number of hydrogen-bond donors (Lipinski definition) is 2. The third-order valence-corrected chi connectivity index (χ3v) is 5.57. The lowest BCUT2D eigenvalue weighted by atomic mass is 10.2. The van der Waals surface area contributed by atoms with E-state index in [1.165, 1.54) is 37.4 Å². The summed E-state index contributed by atoms with van der Waals surface area (Å²) < 4.78 is 44.1. The Hall–Kier alpha value is -3.47. The quantitative estimate of drug-likeness (QED) is 0.639. The number of sulfonamides is 1. The van der Waals surface area contributed by atoms with Crippen LogP contribution in [-0.4, -0.2) is 52.3 Å². The molecule has 1 heterocycles. The average molecular weight is 436 g/mol. The second-order valence-corrected chi connectivity index (χ2v) is 7.88. The number of anilines is 2. The number of amides is 1. The number of carbonyl (C=O) groups excluding carboxylic acids is 1. The lowest BCUT2D eigenvalue weighted by Gasteiger charge is -2.28. The minimum absolute atomic E-state index is 0.0702. The van der Waals surface area contributed by atoms with Crippen LogP contribution in [-0.2, 0) is 19.6 Å². The third kappa shape index (κ3) is 4.40. The molecule has 2 N–H and O–H groups in total. The van der Waals surface area contributed by atoms with Crippen molar-refractivity contribution in [3.8, 4) is 17.2 Å². The maximum absolute atomic E-state index is 12.9. The van der Waals surface area contributed by atoms with Crippen LogP contribution in [0.2, 0.25) is 0 Å². The molecule has 30 heavy (non-hydrogen) atoms. The van der Waals surface area contributed by atoms with E-state index in [9.17, 15) is 18.0 Å². The normalized spacial score (nSPS) is 13.3. The molecule has 0 spiro atoms. The fourth-order valence-electron chi connectivity index (χ4n) is 2.88. The van der Waals surface area contributed by atoms with E-state index < -0.39 is 28.4 Å². The number of methoxy groups -OCH3 is 1. The lowest BCUT2D eigenvalue weighted by molar-refractivity contribution is -0.137. The van der Waals surface area contributed by atoms with Crippen molar-refractivity contribution in [3.63, 3.8) is 0 Å². The Balaban J connectivity index is 1.93. The second kappa shape index (κ2) is 8.49. The van der Waals surface area contributed by atoms with Crippen molar-refractivity contribution in [1.82, 2.24) is 0 Å². The van der Waals surface area contributed by atoms with E-state index in [-0.39, 0.29) is 28.6 Å². The van der Waals surface area contributed by atoms with Crippen LogP contribution in [0.3, 0.4) is 0 Å². The first-order valence-electron chi connectivity index (χ1n) is 8.88. The number of ether oxygens (including phenoxy) is 3. The lowest BCUT2D eigenvalue weighted by Crippen LogP contribution is -2.42. The molecule has 2 aromatic rings. The standard InChI is InChI=1S/C19H20N2O8S/c1-3-28-16-6-4-12(8-17(16)27-2)20-30(25,26)13-5-7-15-14(9-13)21(10-19(23)24)18(22)11-29-15/h4-9,20H,3,10-11H2,1-2H3,(H,23,24). The number of carboxylic acids is 1. The Morgan fingerprint density at radius 2 is 2.00 bits per heavy atom. The van der Waals surface area contributed by atoms with Crippen LogP contribution in [0.25, 0.3) is 0 Å². The summed E-state index contributed by atoms with van der Waals surface area (Å²) in [4.78, 5) is 23.9. The summed E-state index contributed by atoms with van der Waals surface area (Å²) in [6.45, 7) is 1.30. The molecule has 10 nitrogen and oxygen atoms in total. The van der Waals surface area contributed by atoms with Gasteiger partial charge in [0.2, 0.25) is 0 Å². The number of aliphatic carboxylic acids is 1. The number of hydrogen-bond acceptors (Lipinski definition) is 7. The third-order valence-electron chi connectivity index (χ3n) is 4.19. The van der Waals surface area contributed by atoms with Crippen LogP contribution in [0.1, 0.15) is 6.92 Å². The van der Waals surface area contributed by atoms with Crippen molar-refractivity contribution in [2.75, 3.05) is 36.5 Å². The highest BCUT2D eigenvalue weighted by atomic mass is 32.2. The predicted octanol–water partition coefficient (Wildman–Crippen LogP) is 1.70. The molecule has 0 atom stereocenters. The Kier molecular flexibility index (Phi) is 6.01. The molecule has 11 heteroatoms. The van der Waals surface area contributed by atoms with Crippen LogP contribution >= 0.6 is 0 Å². The van der Waals surface area contributed by atoms with Crippen molar-refractivity contribution in [2.24, 2.45) is 0 Å². The second-order valence-electron chi connectivity index (χ2n) is 6.20. The van der Waals surface area contributed by atoms with Crippen molar-refractivity contribution >= 4 is 33.3 Å². The molecule has 0 unspecified atom stereocenters. The van der Waals surface area contributed by atoms with Crippen LogP contribution in [0.4, 0.5) is 11.4 Å². The summed E-state index contributed by atoms with van der Waals surface area (Å²) in [7, 11) is -2.62. The molecular weight excluding hydrogens is 416 g/mol. The molecule has 0 fully saturated rings. The molecule has 0 aliphatic carbocycles. The molecule has 3 rings (SSSR count). The number of nitrogens with one attached hydrogen (secondary N) is 1. The molecule has 0 aromatic heterocycles. The molecule has 0 saturated carbocycles. The largest absolute Gasteiger partial charge is 0.493 e. The number of rotatable bonds is 8. The Labute approximate surface area is 173 Å². The summed E-state index contributed by atoms with van der Waals surface area (Å²) in [5.41, 5.74) is 0.309. The first kappa shape index (κ1) is 21.2. The van der Waals surface area contributed by atoms with Gasteiger partial charge in [-0.05, 0) is 37.3 Å². The first-order chi connectivity index (χ1) is 14.2. The van der Waals surface area contributed by atoms with Gasteiger partial charge in [0, 0.05) is 6.07 Å². The van der Waals surface area contributed by atoms with Gasteiger partial charge in [0.25, 0.3) is 15.9 Å². The van der Waals surface area contributed by atoms with Crippen molar-refractivity contribution < 1.29 is 37.3 Å². The van der Waals surface area contributed by atoms with Crippen molar-refractivity contribution in [1.29, 1.82) is 0 Å². The molecule has 1 aliphatic rings. The van der Waals surface area contributed by atoms with Gasteiger partial charge in [-0.15, -0.1) is 0 Å². The minimum Gasteiger partial charge on any atom is -0.493 e. The van der Waals surface area contributed by atoms with E-state index in [1.807, 2.05) is 6.92 Å². The maximum atomic E-state index is 12.9. The Morgan fingerprint density at radius 3 is 2.67 bits per heavy atom. The van der Waals surface area contributed by atoms with Gasteiger partial charge in [-0.3, -0.25) is 19.2 Å². The summed E-state index contributed by atoms with van der Waals surface area (Å²) in [5, 5.41) is 9.06. The van der Waals surface area contributed by atoms with Crippen molar-refractivity contribution in [3.05, 3.63) is 36.4 Å². The van der Waals surface area contributed by atoms with E-state index in [4.69, 9.17) is 19.3 Å². The van der Waals surface area contributed by atoms with Crippen LogP contribution in [0.15, 0.2) is 41.3 Å². The van der Waals surface area contributed by atoms with Crippen LogP contribution in [0, 0.1) is 0 Å².